The first-order valence-electron chi connectivity index (χ1n) is 6.90. The minimum atomic E-state index is 0.262. The van der Waals surface area contributed by atoms with Gasteiger partial charge < -0.3 is 10.2 Å². The van der Waals surface area contributed by atoms with Crippen molar-refractivity contribution in [3.05, 3.63) is 0 Å². The highest BCUT2D eigenvalue weighted by Gasteiger charge is 2.45. The molecule has 4 heteroatoms. The number of thioether (sulfide) groups is 1. The molecule has 1 amide bonds. The monoisotopic (exact) mass is 254 g/mol. The van der Waals surface area contributed by atoms with Gasteiger partial charge in [0.05, 0.1) is 5.25 Å². The van der Waals surface area contributed by atoms with E-state index in [4.69, 9.17) is 0 Å². The lowest BCUT2D eigenvalue weighted by Crippen LogP contribution is -2.43. The van der Waals surface area contributed by atoms with Crippen molar-refractivity contribution in [2.24, 2.45) is 11.8 Å². The molecule has 17 heavy (non-hydrogen) atoms. The molecule has 1 N–H and O–H groups in total. The lowest BCUT2D eigenvalue weighted by molar-refractivity contribution is -0.131. The van der Waals surface area contributed by atoms with Crippen molar-refractivity contribution >= 4 is 17.7 Å². The Bertz CT molecular complexity index is 304. The molecule has 3 nitrogen and oxygen atoms in total. The Labute approximate surface area is 108 Å². The van der Waals surface area contributed by atoms with Gasteiger partial charge in [0.15, 0.2) is 0 Å². The lowest BCUT2D eigenvalue weighted by Gasteiger charge is -2.30. The third-order valence-corrected chi connectivity index (χ3v) is 6.04. The van der Waals surface area contributed by atoms with E-state index < -0.39 is 0 Å². The number of carbonyl (C=O) groups is 1. The molecule has 0 aromatic carbocycles. The Morgan fingerprint density at radius 3 is 2.94 bits per heavy atom. The molecule has 0 aromatic rings. The van der Waals surface area contributed by atoms with Gasteiger partial charge in [0, 0.05) is 25.7 Å². The highest BCUT2D eigenvalue weighted by Crippen LogP contribution is 2.35. The molecule has 4 atom stereocenters. The van der Waals surface area contributed by atoms with Crippen LogP contribution in [0.25, 0.3) is 0 Å². The van der Waals surface area contributed by atoms with Crippen molar-refractivity contribution in [1.82, 2.24) is 10.2 Å². The topological polar surface area (TPSA) is 32.3 Å². The first kappa shape index (κ1) is 11.8. The van der Waals surface area contributed by atoms with Gasteiger partial charge in [-0.2, -0.15) is 0 Å². The molecule has 3 aliphatic heterocycles. The van der Waals surface area contributed by atoms with Crippen molar-refractivity contribution in [3.63, 3.8) is 0 Å². The summed E-state index contributed by atoms with van der Waals surface area (Å²) in [4.78, 5) is 14.7. The maximum atomic E-state index is 12.5. The zero-order chi connectivity index (χ0) is 11.8. The minimum Gasteiger partial charge on any atom is -0.338 e. The highest BCUT2D eigenvalue weighted by molar-refractivity contribution is 8.00. The van der Waals surface area contributed by atoms with E-state index in [1.165, 1.54) is 18.6 Å². The summed E-state index contributed by atoms with van der Waals surface area (Å²) in [6, 6.07) is 0.449. The molecule has 0 spiro atoms. The molecule has 4 unspecified atom stereocenters. The summed E-state index contributed by atoms with van der Waals surface area (Å²) in [6.07, 6.45) is 3.62. The highest BCUT2D eigenvalue weighted by atomic mass is 32.2. The van der Waals surface area contributed by atoms with E-state index in [0.29, 0.717) is 23.8 Å². The van der Waals surface area contributed by atoms with Crippen molar-refractivity contribution in [2.45, 2.75) is 37.5 Å². The largest absolute Gasteiger partial charge is 0.338 e. The molecule has 0 saturated carbocycles. The number of nitrogens with zero attached hydrogens (tertiary/aromatic N) is 1. The summed E-state index contributed by atoms with van der Waals surface area (Å²) in [5, 5.41) is 3.71. The number of likely N-dealkylation sites (tertiary alicyclic amines) is 1. The average molecular weight is 254 g/mol. The molecule has 3 aliphatic rings. The minimum absolute atomic E-state index is 0.262. The van der Waals surface area contributed by atoms with Crippen LogP contribution in [0.2, 0.25) is 0 Å². The number of hydrogen-bond acceptors (Lipinski definition) is 3. The zero-order valence-electron chi connectivity index (χ0n) is 10.5. The third kappa shape index (κ3) is 2.10. The number of rotatable bonds is 1. The number of fused-ring (bicyclic) bond motifs is 1. The van der Waals surface area contributed by atoms with Gasteiger partial charge >= 0.3 is 0 Å². The first-order valence-corrected chi connectivity index (χ1v) is 7.95. The van der Waals surface area contributed by atoms with Gasteiger partial charge in [-0.15, -0.1) is 11.8 Å². The Morgan fingerprint density at radius 1 is 1.35 bits per heavy atom. The van der Waals surface area contributed by atoms with Crippen LogP contribution < -0.4 is 5.32 Å². The second kappa shape index (κ2) is 4.81. The van der Waals surface area contributed by atoms with Crippen LogP contribution in [0.5, 0.6) is 0 Å². The standard InChI is InChI=1S/C13H22N2OS/c1-9-11-7-14-6-10(11)8-15(9)13(16)12-4-2-3-5-17-12/h9-12,14H,2-8H2,1H3. The van der Waals surface area contributed by atoms with Crippen LogP contribution >= 0.6 is 11.8 Å². The van der Waals surface area contributed by atoms with Crippen LogP contribution in [0, 0.1) is 11.8 Å². The van der Waals surface area contributed by atoms with Gasteiger partial charge in [-0.25, -0.2) is 0 Å². The van der Waals surface area contributed by atoms with Crippen LogP contribution in [0.1, 0.15) is 26.2 Å². The van der Waals surface area contributed by atoms with E-state index in [2.05, 4.69) is 17.1 Å². The summed E-state index contributed by atoms with van der Waals surface area (Å²) in [5.74, 6) is 3.01. The molecule has 0 bridgehead atoms. The van der Waals surface area contributed by atoms with Gasteiger partial charge in [-0.1, -0.05) is 6.42 Å². The Balaban J connectivity index is 1.66. The summed E-state index contributed by atoms with van der Waals surface area (Å²) in [5.41, 5.74) is 0. The molecular weight excluding hydrogens is 232 g/mol. The molecule has 3 fully saturated rings. The third-order valence-electron chi connectivity index (χ3n) is 4.67. The van der Waals surface area contributed by atoms with Gasteiger partial charge in [0.2, 0.25) is 5.91 Å². The maximum absolute atomic E-state index is 12.5. The van der Waals surface area contributed by atoms with Gasteiger partial charge in [0.25, 0.3) is 0 Å². The zero-order valence-corrected chi connectivity index (χ0v) is 11.3. The fourth-order valence-corrected chi connectivity index (χ4v) is 4.85. The van der Waals surface area contributed by atoms with Crippen LogP contribution in [0.3, 0.4) is 0 Å². The number of hydrogen-bond donors (Lipinski definition) is 1. The van der Waals surface area contributed by atoms with Gasteiger partial charge in [-0.05, 0) is 37.4 Å². The summed E-state index contributed by atoms with van der Waals surface area (Å²) >= 11 is 1.88. The summed E-state index contributed by atoms with van der Waals surface area (Å²) < 4.78 is 0. The molecule has 0 aromatic heterocycles. The van der Waals surface area contributed by atoms with Crippen molar-refractivity contribution in [2.75, 3.05) is 25.4 Å². The normalized spacial score (nSPS) is 41.6. The van der Waals surface area contributed by atoms with Crippen LogP contribution in [0.15, 0.2) is 0 Å². The summed E-state index contributed by atoms with van der Waals surface area (Å²) in [6.45, 7) is 5.45. The molecule has 0 radical (unpaired) electrons. The second-order valence-corrected chi connectivity index (χ2v) is 6.98. The van der Waals surface area contributed by atoms with Gasteiger partial charge in [0.1, 0.15) is 0 Å². The molecule has 3 saturated heterocycles. The van der Waals surface area contributed by atoms with E-state index in [9.17, 15) is 4.79 Å². The Hall–Kier alpha value is -0.220. The quantitative estimate of drug-likeness (QED) is 0.766. The van der Waals surface area contributed by atoms with Gasteiger partial charge in [-0.3, -0.25) is 4.79 Å². The van der Waals surface area contributed by atoms with E-state index in [1.54, 1.807) is 0 Å². The van der Waals surface area contributed by atoms with Crippen LogP contribution in [-0.4, -0.2) is 47.5 Å². The van der Waals surface area contributed by atoms with Crippen LogP contribution in [-0.2, 0) is 4.79 Å². The Kier molecular flexibility index (Phi) is 3.35. The average Bonchev–Trinajstić information content (AvgIpc) is 2.93. The fraction of sp³-hybridized carbons (Fsp3) is 0.923. The Morgan fingerprint density at radius 2 is 2.24 bits per heavy atom. The number of carbonyl (C=O) groups excluding carboxylic acids is 1. The molecule has 3 heterocycles. The first-order chi connectivity index (χ1) is 8.27. The van der Waals surface area contributed by atoms with E-state index >= 15 is 0 Å². The predicted octanol–water partition coefficient (Wildman–Crippen LogP) is 1.34. The van der Waals surface area contributed by atoms with Crippen LogP contribution in [0.4, 0.5) is 0 Å². The van der Waals surface area contributed by atoms with Crippen molar-refractivity contribution < 1.29 is 4.79 Å². The fourth-order valence-electron chi connectivity index (χ4n) is 3.58. The molecule has 3 rings (SSSR count). The van der Waals surface area contributed by atoms with E-state index in [0.717, 1.165) is 26.1 Å². The van der Waals surface area contributed by atoms with E-state index in [1.807, 2.05) is 11.8 Å². The maximum Gasteiger partial charge on any atom is 0.235 e. The molecule has 96 valence electrons. The number of nitrogens with one attached hydrogen (secondary N) is 1. The molecule has 0 aliphatic carbocycles. The SMILES string of the molecule is CC1C2CNCC2CN1C(=O)C1CCCCS1. The summed E-state index contributed by atoms with van der Waals surface area (Å²) in [7, 11) is 0. The predicted molar refractivity (Wildman–Crippen MR) is 71.1 cm³/mol. The number of amides is 1. The lowest BCUT2D eigenvalue weighted by atomic mass is 9.95. The second-order valence-electron chi connectivity index (χ2n) is 5.67. The van der Waals surface area contributed by atoms with E-state index in [-0.39, 0.29) is 5.25 Å². The molecular formula is C13H22N2OS. The smallest absolute Gasteiger partial charge is 0.235 e. The van der Waals surface area contributed by atoms with Crippen molar-refractivity contribution in [1.29, 1.82) is 0 Å². The van der Waals surface area contributed by atoms with Crippen molar-refractivity contribution in [3.8, 4) is 0 Å².